The zero-order chi connectivity index (χ0) is 13.8. The van der Waals surface area contributed by atoms with Gasteiger partial charge < -0.3 is 11.1 Å². The Kier molecular flexibility index (Phi) is 4.42. The Bertz CT molecular complexity index is 438. The monoisotopic (exact) mass is 265 g/mol. The maximum absolute atomic E-state index is 12.0. The van der Waals surface area contributed by atoms with Gasteiger partial charge in [-0.25, -0.2) is 0 Å². The molecule has 0 spiro atoms. The lowest BCUT2D eigenvalue weighted by atomic mass is 10.3. The third-order valence-corrected chi connectivity index (χ3v) is 3.48. The summed E-state index contributed by atoms with van der Waals surface area (Å²) in [6, 6.07) is 0.728. The number of carbonyl (C=O) groups excluding carboxylic acids is 1. The Hall–Kier alpha value is -1.56. The normalized spacial score (nSPS) is 14.9. The molecule has 6 nitrogen and oxygen atoms in total. The van der Waals surface area contributed by atoms with Gasteiger partial charge in [0.1, 0.15) is 0 Å². The average molecular weight is 265 g/mol. The van der Waals surface area contributed by atoms with E-state index >= 15 is 0 Å². The number of nitrogens with zero attached hydrogens (tertiary/aromatic N) is 3. The van der Waals surface area contributed by atoms with E-state index in [9.17, 15) is 4.79 Å². The van der Waals surface area contributed by atoms with Crippen LogP contribution in [0.5, 0.6) is 0 Å². The van der Waals surface area contributed by atoms with E-state index in [-0.39, 0.29) is 5.91 Å². The molecule has 0 aromatic carbocycles. The van der Waals surface area contributed by atoms with Crippen molar-refractivity contribution in [1.82, 2.24) is 20.0 Å². The highest BCUT2D eigenvalue weighted by molar-refractivity contribution is 5.96. The fourth-order valence-corrected chi connectivity index (χ4v) is 2.21. The van der Waals surface area contributed by atoms with Gasteiger partial charge in [0.25, 0.3) is 5.91 Å². The molecule has 1 aromatic rings. The van der Waals surface area contributed by atoms with Gasteiger partial charge in [-0.15, -0.1) is 0 Å². The summed E-state index contributed by atoms with van der Waals surface area (Å²) >= 11 is 0. The van der Waals surface area contributed by atoms with Gasteiger partial charge in [0.2, 0.25) is 0 Å². The molecule has 0 bridgehead atoms. The molecule has 1 amide bonds. The first-order valence-corrected chi connectivity index (χ1v) is 7.00. The Morgan fingerprint density at radius 2 is 2.32 bits per heavy atom. The fourth-order valence-electron chi connectivity index (χ4n) is 2.21. The molecular formula is C13H23N5O. The second kappa shape index (κ2) is 6.06. The van der Waals surface area contributed by atoms with Crippen LogP contribution in [0.25, 0.3) is 0 Å². The Morgan fingerprint density at radius 3 is 2.84 bits per heavy atom. The van der Waals surface area contributed by atoms with E-state index in [2.05, 4.69) is 22.2 Å². The second-order valence-electron chi connectivity index (χ2n) is 4.90. The lowest BCUT2D eigenvalue weighted by Gasteiger charge is -2.19. The highest BCUT2D eigenvalue weighted by Crippen LogP contribution is 2.25. The topological polar surface area (TPSA) is 76.2 Å². The SMILES string of the molecule is CCN(CCNC(=O)c1nn(CC)cc1N)C1CC1. The summed E-state index contributed by atoms with van der Waals surface area (Å²) in [5.74, 6) is -0.184. The maximum atomic E-state index is 12.0. The molecule has 1 saturated carbocycles. The molecule has 106 valence electrons. The minimum atomic E-state index is -0.184. The van der Waals surface area contributed by atoms with E-state index in [0.717, 1.165) is 19.1 Å². The van der Waals surface area contributed by atoms with Crippen LogP contribution in [0.2, 0.25) is 0 Å². The van der Waals surface area contributed by atoms with Gasteiger partial charge in [0, 0.05) is 31.9 Å². The Balaban J connectivity index is 1.81. The molecule has 6 heteroatoms. The Labute approximate surface area is 113 Å². The van der Waals surface area contributed by atoms with E-state index in [1.54, 1.807) is 10.9 Å². The van der Waals surface area contributed by atoms with Gasteiger partial charge in [-0.3, -0.25) is 14.4 Å². The van der Waals surface area contributed by atoms with Gasteiger partial charge in [0.15, 0.2) is 5.69 Å². The minimum Gasteiger partial charge on any atom is -0.396 e. The summed E-state index contributed by atoms with van der Waals surface area (Å²) in [5.41, 5.74) is 6.55. The van der Waals surface area contributed by atoms with Crippen LogP contribution in [0.3, 0.4) is 0 Å². The first-order valence-electron chi connectivity index (χ1n) is 7.00. The molecule has 0 atom stereocenters. The number of likely N-dealkylation sites (N-methyl/N-ethyl adjacent to an activating group) is 1. The van der Waals surface area contributed by atoms with Crippen molar-refractivity contribution < 1.29 is 4.79 Å². The zero-order valence-electron chi connectivity index (χ0n) is 11.7. The lowest BCUT2D eigenvalue weighted by Crippen LogP contribution is -2.36. The number of nitrogens with two attached hydrogens (primary N) is 1. The van der Waals surface area contributed by atoms with Crippen molar-refractivity contribution >= 4 is 11.6 Å². The van der Waals surface area contributed by atoms with Crippen LogP contribution in [0, 0.1) is 0 Å². The number of anilines is 1. The number of nitrogens with one attached hydrogen (secondary N) is 1. The molecule has 3 N–H and O–H groups in total. The van der Waals surface area contributed by atoms with E-state index in [1.165, 1.54) is 12.8 Å². The van der Waals surface area contributed by atoms with E-state index in [4.69, 9.17) is 5.73 Å². The van der Waals surface area contributed by atoms with Crippen molar-refractivity contribution in [3.8, 4) is 0 Å². The molecule has 19 heavy (non-hydrogen) atoms. The first-order chi connectivity index (χ1) is 9.15. The minimum absolute atomic E-state index is 0.184. The van der Waals surface area contributed by atoms with Crippen molar-refractivity contribution in [2.75, 3.05) is 25.4 Å². The summed E-state index contributed by atoms with van der Waals surface area (Å²) in [5, 5.41) is 7.05. The number of aryl methyl sites for hydroxylation is 1. The van der Waals surface area contributed by atoms with E-state index in [1.807, 2.05) is 6.92 Å². The van der Waals surface area contributed by atoms with Crippen LogP contribution in [0.4, 0.5) is 5.69 Å². The number of carbonyl (C=O) groups is 1. The number of hydrogen-bond donors (Lipinski definition) is 2. The third-order valence-electron chi connectivity index (χ3n) is 3.48. The summed E-state index contributed by atoms with van der Waals surface area (Å²) in [7, 11) is 0. The van der Waals surface area contributed by atoms with Crippen molar-refractivity contribution in [3.05, 3.63) is 11.9 Å². The van der Waals surface area contributed by atoms with Crippen LogP contribution < -0.4 is 11.1 Å². The van der Waals surface area contributed by atoms with Crippen LogP contribution in [-0.4, -0.2) is 46.3 Å². The van der Waals surface area contributed by atoms with Crippen molar-refractivity contribution in [2.45, 2.75) is 39.3 Å². The molecule has 0 aliphatic heterocycles. The second-order valence-corrected chi connectivity index (χ2v) is 4.90. The number of aromatic nitrogens is 2. The van der Waals surface area contributed by atoms with Crippen molar-refractivity contribution in [2.24, 2.45) is 0 Å². The zero-order valence-corrected chi connectivity index (χ0v) is 11.7. The molecule has 0 saturated heterocycles. The molecule has 1 heterocycles. The highest BCUT2D eigenvalue weighted by Gasteiger charge is 2.27. The van der Waals surface area contributed by atoms with Gasteiger partial charge in [-0.1, -0.05) is 6.92 Å². The number of rotatable bonds is 7. The molecular weight excluding hydrogens is 242 g/mol. The smallest absolute Gasteiger partial charge is 0.273 e. The van der Waals surface area contributed by atoms with Crippen molar-refractivity contribution in [3.63, 3.8) is 0 Å². The summed E-state index contributed by atoms with van der Waals surface area (Å²) < 4.78 is 1.67. The number of hydrogen-bond acceptors (Lipinski definition) is 4. The maximum Gasteiger partial charge on any atom is 0.273 e. The number of amides is 1. The highest BCUT2D eigenvalue weighted by atomic mass is 16.2. The average Bonchev–Trinajstić information content (AvgIpc) is 3.17. The van der Waals surface area contributed by atoms with Crippen LogP contribution in [-0.2, 0) is 6.54 Å². The molecule has 0 unspecified atom stereocenters. The quantitative estimate of drug-likeness (QED) is 0.761. The van der Waals surface area contributed by atoms with Crippen LogP contribution in [0.1, 0.15) is 37.2 Å². The molecule has 1 aliphatic rings. The van der Waals surface area contributed by atoms with Crippen molar-refractivity contribution in [1.29, 1.82) is 0 Å². The Morgan fingerprint density at radius 1 is 1.58 bits per heavy atom. The van der Waals surface area contributed by atoms with Gasteiger partial charge in [0.05, 0.1) is 5.69 Å². The standard InChI is InChI=1S/C13H23N5O/c1-3-17(10-5-6-10)8-7-15-13(19)12-11(14)9-18(4-2)16-12/h9-10H,3-8,14H2,1-2H3,(H,15,19). The first kappa shape index (κ1) is 13.9. The summed E-state index contributed by atoms with van der Waals surface area (Å²) in [4.78, 5) is 14.4. The molecule has 1 aliphatic carbocycles. The molecule has 2 rings (SSSR count). The van der Waals surface area contributed by atoms with E-state index in [0.29, 0.717) is 24.5 Å². The van der Waals surface area contributed by atoms with E-state index < -0.39 is 0 Å². The van der Waals surface area contributed by atoms with Gasteiger partial charge in [-0.05, 0) is 26.3 Å². The third kappa shape index (κ3) is 3.47. The predicted octanol–water partition coefficient (Wildman–Crippen LogP) is 0.699. The fraction of sp³-hybridized carbons (Fsp3) is 0.692. The summed E-state index contributed by atoms with van der Waals surface area (Å²) in [6.07, 6.45) is 4.27. The van der Waals surface area contributed by atoms with Crippen LogP contribution in [0.15, 0.2) is 6.20 Å². The lowest BCUT2D eigenvalue weighted by molar-refractivity contribution is 0.0943. The molecule has 1 aromatic heterocycles. The van der Waals surface area contributed by atoms with Gasteiger partial charge in [-0.2, -0.15) is 5.10 Å². The predicted molar refractivity (Wildman–Crippen MR) is 74.9 cm³/mol. The summed E-state index contributed by atoms with van der Waals surface area (Å²) in [6.45, 7) is 7.39. The molecule has 0 radical (unpaired) electrons. The van der Waals surface area contributed by atoms with Gasteiger partial charge >= 0.3 is 0 Å². The molecule has 1 fully saturated rings. The number of nitrogen functional groups attached to an aromatic ring is 1. The largest absolute Gasteiger partial charge is 0.396 e. The van der Waals surface area contributed by atoms with Crippen LogP contribution >= 0.6 is 0 Å².